The predicted molar refractivity (Wildman–Crippen MR) is 126 cm³/mol. The number of carbonyl (C=O) groups excluding carboxylic acids is 1. The Morgan fingerprint density at radius 3 is 2.26 bits per heavy atom. The molecule has 0 saturated carbocycles. The molecule has 0 bridgehead atoms. The molecule has 2 aromatic carbocycles. The Hall–Kier alpha value is -2.30. The topological polar surface area (TPSA) is 69.7 Å². The molecular formula is C23H27ClF3N3O3S. The van der Waals surface area contributed by atoms with Gasteiger partial charge in [-0.1, -0.05) is 35.9 Å². The number of carbonyl (C=O) groups is 1. The first-order valence-corrected chi connectivity index (χ1v) is 13.0. The van der Waals surface area contributed by atoms with Crippen molar-refractivity contribution in [2.75, 3.05) is 23.7 Å². The quantitative estimate of drug-likeness (QED) is 0.562. The Bertz CT molecular complexity index is 1120. The molecule has 1 heterocycles. The van der Waals surface area contributed by atoms with Crippen LogP contribution in [-0.2, 0) is 34.1 Å². The van der Waals surface area contributed by atoms with Crippen LogP contribution in [0.3, 0.4) is 0 Å². The van der Waals surface area contributed by atoms with Crippen molar-refractivity contribution in [3.63, 3.8) is 0 Å². The number of alkyl halides is 3. The highest BCUT2D eigenvalue weighted by atomic mass is 35.5. The lowest BCUT2D eigenvalue weighted by atomic mass is 10.1. The molecule has 2 aromatic rings. The van der Waals surface area contributed by atoms with Crippen molar-refractivity contribution in [2.24, 2.45) is 0 Å². The number of benzene rings is 2. The maximum Gasteiger partial charge on any atom is 0.417 e. The Labute approximate surface area is 202 Å². The number of amides is 1. The second-order valence-electron chi connectivity index (χ2n) is 8.41. The summed E-state index contributed by atoms with van der Waals surface area (Å²) in [5, 5.41) is 2.11. The maximum absolute atomic E-state index is 13.3. The molecule has 0 aliphatic carbocycles. The van der Waals surface area contributed by atoms with E-state index in [-0.39, 0.29) is 12.2 Å². The molecule has 0 aromatic heterocycles. The van der Waals surface area contributed by atoms with Crippen LogP contribution in [0.2, 0.25) is 5.02 Å². The summed E-state index contributed by atoms with van der Waals surface area (Å²) >= 11 is 5.65. The molecule has 1 aliphatic heterocycles. The second kappa shape index (κ2) is 10.5. The number of hydrogen-bond acceptors (Lipinski definition) is 4. The number of nitrogens with one attached hydrogen (secondary N) is 1. The lowest BCUT2D eigenvalue weighted by Crippen LogP contribution is -2.47. The molecule has 0 spiro atoms. The zero-order chi connectivity index (χ0) is 25.1. The van der Waals surface area contributed by atoms with E-state index in [9.17, 15) is 26.4 Å². The summed E-state index contributed by atoms with van der Waals surface area (Å²) in [6.45, 7) is 4.51. The van der Waals surface area contributed by atoms with Crippen molar-refractivity contribution in [3.8, 4) is 0 Å². The van der Waals surface area contributed by atoms with Gasteiger partial charge in [-0.3, -0.25) is 14.0 Å². The average molecular weight is 518 g/mol. The highest BCUT2D eigenvalue weighted by Gasteiger charge is 2.36. The van der Waals surface area contributed by atoms with E-state index in [0.717, 1.165) is 49.1 Å². The number of anilines is 1. The lowest BCUT2D eigenvalue weighted by molar-refractivity contribution is -0.137. The van der Waals surface area contributed by atoms with Gasteiger partial charge < -0.3 is 5.32 Å². The number of nitrogens with zero attached hydrogens (tertiary/aromatic N) is 2. The zero-order valence-corrected chi connectivity index (χ0v) is 20.5. The van der Waals surface area contributed by atoms with Crippen LogP contribution in [0, 0.1) is 0 Å². The van der Waals surface area contributed by atoms with Gasteiger partial charge in [0.25, 0.3) is 0 Å². The monoisotopic (exact) mass is 517 g/mol. The van der Waals surface area contributed by atoms with Crippen molar-refractivity contribution >= 4 is 33.2 Å². The third-order valence-corrected chi connectivity index (χ3v) is 7.26. The van der Waals surface area contributed by atoms with Crippen molar-refractivity contribution in [3.05, 3.63) is 64.2 Å². The highest BCUT2D eigenvalue weighted by molar-refractivity contribution is 7.92. The Balaban J connectivity index is 1.70. The van der Waals surface area contributed by atoms with E-state index in [1.54, 1.807) is 0 Å². The number of hydrogen-bond donors (Lipinski definition) is 1. The van der Waals surface area contributed by atoms with Gasteiger partial charge in [0.05, 0.1) is 22.5 Å². The van der Waals surface area contributed by atoms with Crippen LogP contribution in [0.4, 0.5) is 18.9 Å². The molecule has 186 valence electrons. The van der Waals surface area contributed by atoms with Crippen molar-refractivity contribution in [1.29, 1.82) is 0 Å². The summed E-state index contributed by atoms with van der Waals surface area (Å²) in [5.74, 6) is -0.643. The third-order valence-electron chi connectivity index (χ3n) is 5.69. The summed E-state index contributed by atoms with van der Waals surface area (Å²) in [6.07, 6.45) is -1.53. The fraction of sp³-hybridized carbons (Fsp3) is 0.435. The first-order valence-electron chi connectivity index (χ1n) is 10.8. The fourth-order valence-corrected chi connectivity index (χ4v) is 5.37. The van der Waals surface area contributed by atoms with Crippen molar-refractivity contribution in [1.82, 2.24) is 10.2 Å². The van der Waals surface area contributed by atoms with Gasteiger partial charge in [-0.05, 0) is 62.2 Å². The molecule has 11 heteroatoms. The number of likely N-dealkylation sites (tertiary alicyclic amines) is 1. The van der Waals surface area contributed by atoms with Gasteiger partial charge >= 0.3 is 6.18 Å². The number of sulfonamides is 1. The third kappa shape index (κ3) is 6.64. The molecule has 1 saturated heterocycles. The van der Waals surface area contributed by atoms with Gasteiger partial charge in [0, 0.05) is 13.1 Å². The van der Waals surface area contributed by atoms with Gasteiger partial charge in [0.1, 0.15) is 6.04 Å². The largest absolute Gasteiger partial charge is 0.417 e. The fourth-order valence-electron chi connectivity index (χ4n) is 3.97. The molecule has 0 radical (unpaired) electrons. The molecular weight excluding hydrogens is 491 g/mol. The molecule has 1 fully saturated rings. The van der Waals surface area contributed by atoms with Crippen LogP contribution in [0.25, 0.3) is 0 Å². The molecule has 1 N–H and O–H groups in total. The average Bonchev–Trinajstić information content (AvgIpc) is 3.25. The van der Waals surface area contributed by atoms with Gasteiger partial charge in [0.15, 0.2) is 0 Å². The van der Waals surface area contributed by atoms with Gasteiger partial charge in [-0.25, -0.2) is 8.42 Å². The van der Waals surface area contributed by atoms with Crippen molar-refractivity contribution in [2.45, 2.75) is 45.1 Å². The summed E-state index contributed by atoms with van der Waals surface area (Å²) in [6, 6.07) is 9.20. The van der Waals surface area contributed by atoms with E-state index in [1.165, 1.54) is 19.8 Å². The molecule has 1 amide bonds. The Morgan fingerprint density at radius 1 is 1.12 bits per heavy atom. The van der Waals surface area contributed by atoms with E-state index < -0.39 is 38.7 Å². The molecule has 1 aliphatic rings. The molecule has 6 nitrogen and oxygen atoms in total. The summed E-state index contributed by atoms with van der Waals surface area (Å²) in [7, 11) is -4.08. The van der Waals surface area contributed by atoms with Gasteiger partial charge in [-0.15, -0.1) is 0 Å². The molecule has 3 rings (SSSR count). The van der Waals surface area contributed by atoms with Crippen molar-refractivity contribution < 1.29 is 26.4 Å². The first kappa shape index (κ1) is 26.3. The van der Waals surface area contributed by atoms with E-state index >= 15 is 0 Å². The number of halogens is 4. The highest BCUT2D eigenvalue weighted by Crippen LogP contribution is 2.37. The van der Waals surface area contributed by atoms with E-state index in [2.05, 4.69) is 10.2 Å². The molecule has 34 heavy (non-hydrogen) atoms. The SMILES string of the molecule is CC(C(=O)NCc1ccc(CN2CCCC2)cc1)N(c1ccc(Cl)c(C(F)(F)F)c1)S(C)(=O)=O. The van der Waals surface area contributed by atoms with Gasteiger partial charge in [0.2, 0.25) is 15.9 Å². The maximum atomic E-state index is 13.3. The van der Waals surface area contributed by atoms with E-state index in [0.29, 0.717) is 10.4 Å². The first-order chi connectivity index (χ1) is 15.9. The minimum absolute atomic E-state index is 0.152. The Morgan fingerprint density at radius 2 is 1.71 bits per heavy atom. The summed E-state index contributed by atoms with van der Waals surface area (Å²) in [5.41, 5.74) is 0.509. The zero-order valence-electron chi connectivity index (χ0n) is 18.9. The predicted octanol–water partition coefficient (Wildman–Crippen LogP) is 4.43. The van der Waals surface area contributed by atoms with Crippen LogP contribution in [0.5, 0.6) is 0 Å². The summed E-state index contributed by atoms with van der Waals surface area (Å²) in [4.78, 5) is 15.1. The van der Waals surface area contributed by atoms with E-state index in [1.807, 2.05) is 24.3 Å². The van der Waals surface area contributed by atoms with Gasteiger partial charge in [-0.2, -0.15) is 13.2 Å². The van der Waals surface area contributed by atoms with Crippen LogP contribution >= 0.6 is 11.6 Å². The molecule has 1 unspecified atom stereocenters. The van der Waals surface area contributed by atoms with Crippen LogP contribution in [0.1, 0.15) is 36.5 Å². The van der Waals surface area contributed by atoms with Crippen LogP contribution in [-0.4, -0.2) is 44.6 Å². The minimum atomic E-state index is -4.78. The smallest absolute Gasteiger partial charge is 0.350 e. The van der Waals surface area contributed by atoms with Crippen LogP contribution in [0.15, 0.2) is 42.5 Å². The lowest BCUT2D eigenvalue weighted by Gasteiger charge is -2.29. The second-order valence-corrected chi connectivity index (χ2v) is 10.7. The molecule has 1 atom stereocenters. The number of rotatable bonds is 8. The minimum Gasteiger partial charge on any atom is -0.350 e. The summed E-state index contributed by atoms with van der Waals surface area (Å²) < 4.78 is 65.3. The normalized spacial score (nSPS) is 15.8. The standard InChI is InChI=1S/C23H27ClF3N3O3S/c1-16(30(34(2,32)33)19-9-10-21(24)20(13-19)23(25,26)27)22(31)28-14-17-5-7-18(8-6-17)15-29-11-3-4-12-29/h5-10,13,16H,3-4,11-12,14-15H2,1-2H3,(H,28,31). The van der Waals surface area contributed by atoms with Crippen LogP contribution < -0.4 is 9.62 Å². The Kier molecular flexibility index (Phi) is 8.15. The van der Waals surface area contributed by atoms with E-state index in [4.69, 9.17) is 11.6 Å².